The fourth-order valence-electron chi connectivity index (χ4n) is 4.84. The lowest BCUT2D eigenvalue weighted by molar-refractivity contribution is 1.21. The summed E-state index contributed by atoms with van der Waals surface area (Å²) in [6, 6.07) is 32.2. The molecule has 0 saturated carbocycles. The molecule has 2 heterocycles. The molecule has 5 heteroatoms. The van der Waals surface area contributed by atoms with E-state index in [2.05, 4.69) is 51.8 Å². The lowest BCUT2D eigenvalue weighted by Gasteiger charge is -2.27. The molecule has 0 radical (unpaired) electrons. The highest BCUT2D eigenvalue weighted by Crippen LogP contribution is 2.38. The van der Waals surface area contributed by atoms with E-state index in [1.54, 1.807) is 12.4 Å². The first-order valence-corrected chi connectivity index (χ1v) is 12.3. The molecule has 0 atom stereocenters. The van der Waals surface area contributed by atoms with Gasteiger partial charge in [0.2, 0.25) is 0 Å². The summed E-state index contributed by atoms with van der Waals surface area (Å²) in [6.07, 6.45) is 7.53. The van der Waals surface area contributed by atoms with Gasteiger partial charge in [0.15, 0.2) is 5.84 Å². The first-order valence-electron chi connectivity index (χ1n) is 12.3. The standard InChI is InChI=1S/C33H25N5/c1-22-27-12-4-2-10-24(27)17-18-38(31-16-7-6-13-28(22)31)26-19-25(20-36-21-26)32(34)37-33(35)30-15-8-11-23-9-3-5-14-29(23)30/h2-21H,1H2,(H3,34,35,37)/b18-17-. The van der Waals surface area contributed by atoms with Crippen molar-refractivity contribution in [2.75, 3.05) is 4.90 Å². The first kappa shape index (κ1) is 23.1. The number of hydrogen-bond donors (Lipinski definition) is 2. The van der Waals surface area contributed by atoms with E-state index in [9.17, 15) is 0 Å². The number of aromatic nitrogens is 1. The second kappa shape index (κ2) is 9.64. The maximum absolute atomic E-state index is 8.72. The van der Waals surface area contributed by atoms with Crippen LogP contribution in [0.15, 0.2) is 127 Å². The van der Waals surface area contributed by atoms with Crippen LogP contribution in [-0.4, -0.2) is 16.7 Å². The van der Waals surface area contributed by atoms with Crippen LogP contribution < -0.4 is 10.6 Å². The van der Waals surface area contributed by atoms with Gasteiger partial charge in [0.25, 0.3) is 0 Å². The molecule has 0 fully saturated rings. The number of nitrogens with zero attached hydrogens (tertiary/aromatic N) is 3. The van der Waals surface area contributed by atoms with Gasteiger partial charge in [-0.15, -0.1) is 0 Å². The monoisotopic (exact) mass is 491 g/mol. The molecule has 0 bridgehead atoms. The highest BCUT2D eigenvalue weighted by atomic mass is 15.1. The van der Waals surface area contributed by atoms with Crippen LogP contribution >= 0.6 is 0 Å². The van der Waals surface area contributed by atoms with Gasteiger partial charge < -0.3 is 10.6 Å². The van der Waals surface area contributed by atoms with Crippen LogP contribution in [0.25, 0.3) is 22.4 Å². The Morgan fingerprint density at radius 1 is 0.842 bits per heavy atom. The van der Waals surface area contributed by atoms with Crippen LogP contribution in [0.1, 0.15) is 27.8 Å². The molecule has 3 N–H and O–H groups in total. The summed E-state index contributed by atoms with van der Waals surface area (Å²) in [5.74, 6) is 0.338. The normalized spacial score (nSPS) is 13.8. The highest BCUT2D eigenvalue weighted by molar-refractivity contribution is 6.15. The second-order valence-electron chi connectivity index (χ2n) is 9.07. The van der Waals surface area contributed by atoms with Gasteiger partial charge in [0.1, 0.15) is 5.84 Å². The number of anilines is 2. The molecule has 182 valence electrons. The maximum atomic E-state index is 8.72. The van der Waals surface area contributed by atoms with Gasteiger partial charge in [-0.2, -0.15) is 0 Å². The lowest BCUT2D eigenvalue weighted by Crippen LogP contribution is -2.17. The molecular formula is C33H25N5. The van der Waals surface area contributed by atoms with Crippen LogP contribution in [0.5, 0.6) is 0 Å². The molecule has 0 spiro atoms. The minimum Gasteiger partial charge on any atom is -0.383 e. The van der Waals surface area contributed by atoms with Crippen molar-refractivity contribution >= 4 is 45.5 Å². The topological polar surface area (TPSA) is 78.4 Å². The molecule has 0 unspecified atom stereocenters. The van der Waals surface area contributed by atoms with Crippen molar-refractivity contribution < 1.29 is 0 Å². The van der Waals surface area contributed by atoms with E-state index in [1.807, 2.05) is 79.0 Å². The highest BCUT2D eigenvalue weighted by Gasteiger charge is 2.19. The van der Waals surface area contributed by atoms with Crippen molar-refractivity contribution in [1.82, 2.24) is 4.98 Å². The molecule has 5 nitrogen and oxygen atoms in total. The molecule has 4 aromatic carbocycles. The fourth-order valence-corrected chi connectivity index (χ4v) is 4.84. The number of pyridine rings is 1. The number of para-hydroxylation sites is 1. The maximum Gasteiger partial charge on any atom is 0.155 e. The van der Waals surface area contributed by atoms with Crippen molar-refractivity contribution in [2.45, 2.75) is 0 Å². The second-order valence-corrected chi connectivity index (χ2v) is 9.07. The van der Waals surface area contributed by atoms with Crippen molar-refractivity contribution in [2.24, 2.45) is 10.7 Å². The Morgan fingerprint density at radius 3 is 2.47 bits per heavy atom. The SMILES string of the molecule is C=C1c2ccccc2/C=C\N(c2cncc(C(=N)N=C(N)c3cccc4ccccc34)c2)c2ccccc21. The molecule has 1 aliphatic rings. The molecule has 1 aromatic heterocycles. The van der Waals surface area contributed by atoms with Gasteiger partial charge in [-0.05, 0) is 45.7 Å². The zero-order chi connectivity index (χ0) is 26.1. The van der Waals surface area contributed by atoms with E-state index in [-0.39, 0.29) is 5.84 Å². The van der Waals surface area contributed by atoms with Crippen LogP contribution in [-0.2, 0) is 0 Å². The number of hydrogen-bond acceptors (Lipinski definition) is 3. The van der Waals surface area contributed by atoms with E-state index in [0.717, 1.165) is 50.0 Å². The van der Waals surface area contributed by atoms with Crippen LogP contribution in [0.4, 0.5) is 11.4 Å². The predicted molar refractivity (Wildman–Crippen MR) is 158 cm³/mol. The Kier molecular flexibility index (Phi) is 5.86. The summed E-state index contributed by atoms with van der Waals surface area (Å²) in [5.41, 5.74) is 13.7. The first-order chi connectivity index (χ1) is 18.6. The molecule has 0 saturated heterocycles. The van der Waals surface area contributed by atoms with Crippen LogP contribution in [0.3, 0.4) is 0 Å². The molecule has 38 heavy (non-hydrogen) atoms. The van der Waals surface area contributed by atoms with Gasteiger partial charge in [-0.3, -0.25) is 10.4 Å². The zero-order valence-electron chi connectivity index (χ0n) is 20.7. The quantitative estimate of drug-likeness (QED) is 0.208. The largest absolute Gasteiger partial charge is 0.383 e. The predicted octanol–water partition coefficient (Wildman–Crippen LogP) is 7.15. The van der Waals surface area contributed by atoms with Gasteiger partial charge in [0, 0.05) is 29.1 Å². The number of nitrogens with one attached hydrogen (secondary N) is 1. The molecule has 0 amide bonds. The molecule has 1 aliphatic heterocycles. The summed E-state index contributed by atoms with van der Waals surface area (Å²) in [6.45, 7) is 4.41. The molecule has 6 rings (SSSR count). The minimum atomic E-state index is 0.0452. The van der Waals surface area contributed by atoms with Crippen LogP contribution in [0.2, 0.25) is 0 Å². The fraction of sp³-hybridized carbons (Fsp3) is 0. The minimum absolute atomic E-state index is 0.0452. The Morgan fingerprint density at radius 2 is 1.58 bits per heavy atom. The third-order valence-electron chi connectivity index (χ3n) is 6.75. The molecular weight excluding hydrogens is 466 g/mol. The van der Waals surface area contributed by atoms with E-state index in [1.165, 1.54) is 0 Å². The Labute approximate surface area is 221 Å². The Bertz CT molecular complexity index is 1770. The third kappa shape index (κ3) is 4.16. The Hall–Kier alpha value is -5.29. The lowest BCUT2D eigenvalue weighted by atomic mass is 9.92. The summed E-state index contributed by atoms with van der Waals surface area (Å²) in [7, 11) is 0. The average Bonchev–Trinajstić information content (AvgIpc) is 2.96. The third-order valence-corrected chi connectivity index (χ3v) is 6.75. The van der Waals surface area contributed by atoms with E-state index in [4.69, 9.17) is 11.1 Å². The zero-order valence-corrected chi connectivity index (χ0v) is 20.7. The van der Waals surface area contributed by atoms with E-state index in [0.29, 0.717) is 11.4 Å². The Balaban J connectivity index is 1.40. The number of benzene rings is 4. The van der Waals surface area contributed by atoms with Gasteiger partial charge >= 0.3 is 0 Å². The van der Waals surface area contributed by atoms with Gasteiger partial charge in [0.05, 0.1) is 17.6 Å². The smallest absolute Gasteiger partial charge is 0.155 e. The van der Waals surface area contributed by atoms with E-state index < -0.39 is 0 Å². The average molecular weight is 492 g/mol. The van der Waals surface area contributed by atoms with Crippen molar-refractivity contribution in [3.05, 3.63) is 150 Å². The summed E-state index contributed by atoms with van der Waals surface area (Å²) < 4.78 is 0. The van der Waals surface area contributed by atoms with Crippen molar-refractivity contribution in [3.8, 4) is 0 Å². The number of fused-ring (bicyclic) bond motifs is 3. The van der Waals surface area contributed by atoms with Crippen molar-refractivity contribution in [3.63, 3.8) is 0 Å². The van der Waals surface area contributed by atoms with Crippen molar-refractivity contribution in [1.29, 1.82) is 5.41 Å². The van der Waals surface area contributed by atoms with Crippen LogP contribution in [0, 0.1) is 5.41 Å². The number of amidine groups is 2. The summed E-state index contributed by atoms with van der Waals surface area (Å²) in [5, 5.41) is 10.8. The van der Waals surface area contributed by atoms with Gasteiger partial charge in [-0.25, -0.2) is 4.99 Å². The number of nitrogens with two attached hydrogens (primary N) is 1. The van der Waals surface area contributed by atoms with Gasteiger partial charge in [-0.1, -0.05) is 91.5 Å². The summed E-state index contributed by atoms with van der Waals surface area (Å²) >= 11 is 0. The summed E-state index contributed by atoms with van der Waals surface area (Å²) in [4.78, 5) is 11.0. The molecule has 0 aliphatic carbocycles. The molecule has 5 aromatic rings. The number of rotatable bonds is 3. The van der Waals surface area contributed by atoms with E-state index >= 15 is 0 Å². The number of aliphatic imine (C=N–C) groups is 1.